The van der Waals surface area contributed by atoms with Crippen LogP contribution in [0.5, 0.6) is 0 Å². The van der Waals surface area contributed by atoms with Crippen molar-refractivity contribution in [3.05, 3.63) is 59.7 Å². The first-order valence-corrected chi connectivity index (χ1v) is 15.1. The number of amides is 3. The van der Waals surface area contributed by atoms with Gasteiger partial charge in [-0.1, -0.05) is 49.6 Å². The highest BCUT2D eigenvalue weighted by atomic mass is 16.3. The molecule has 1 unspecified atom stereocenters. The molecule has 2 fully saturated rings. The maximum absolute atomic E-state index is 13.6. The summed E-state index contributed by atoms with van der Waals surface area (Å²) in [5, 5.41) is 23.8. The number of aliphatic hydroxyl groups excluding tert-OH is 1. The zero-order chi connectivity index (χ0) is 29.2. The molecule has 9 heteroatoms. The van der Waals surface area contributed by atoms with Gasteiger partial charge in [-0.2, -0.15) is 0 Å². The third kappa shape index (κ3) is 8.78. The molecule has 41 heavy (non-hydrogen) atoms. The summed E-state index contributed by atoms with van der Waals surface area (Å²) in [6.07, 6.45) is 6.29. The number of nitrogens with one attached hydrogen (secondary N) is 4. The van der Waals surface area contributed by atoms with Crippen molar-refractivity contribution in [3.63, 3.8) is 0 Å². The van der Waals surface area contributed by atoms with Crippen molar-refractivity contribution in [1.29, 1.82) is 0 Å². The van der Waals surface area contributed by atoms with Gasteiger partial charge in [-0.05, 0) is 63.3 Å². The lowest BCUT2D eigenvalue weighted by molar-refractivity contribution is -0.123. The summed E-state index contributed by atoms with van der Waals surface area (Å²) < 4.78 is 0. The van der Waals surface area contributed by atoms with E-state index < -0.39 is 18.2 Å². The van der Waals surface area contributed by atoms with Gasteiger partial charge in [-0.25, -0.2) is 0 Å². The molecular weight excluding hydrogens is 518 g/mol. The molecule has 3 atom stereocenters. The summed E-state index contributed by atoms with van der Waals surface area (Å²) in [6.45, 7) is 5.21. The number of hydrogen-bond donors (Lipinski definition) is 5. The van der Waals surface area contributed by atoms with Crippen LogP contribution < -0.4 is 26.2 Å². The normalized spacial score (nSPS) is 18.0. The molecule has 9 nitrogen and oxygen atoms in total. The van der Waals surface area contributed by atoms with E-state index in [4.69, 9.17) is 0 Å². The molecule has 1 heterocycles. The quantitative estimate of drug-likeness (QED) is 0.255. The molecule has 2 aromatic carbocycles. The van der Waals surface area contributed by atoms with E-state index >= 15 is 0 Å². The van der Waals surface area contributed by atoms with Gasteiger partial charge in [0, 0.05) is 49.0 Å². The molecule has 0 radical (unpaired) electrons. The number of carbonyl (C=O) groups excluding carboxylic acids is 3. The Morgan fingerprint density at radius 1 is 1.05 bits per heavy atom. The van der Waals surface area contributed by atoms with Gasteiger partial charge in [0.1, 0.15) is 0 Å². The van der Waals surface area contributed by atoms with E-state index in [2.05, 4.69) is 21.3 Å². The highest BCUT2D eigenvalue weighted by Gasteiger charge is 2.27. The number of rotatable bonds is 13. The second-order valence-corrected chi connectivity index (χ2v) is 11.3. The van der Waals surface area contributed by atoms with Gasteiger partial charge in [0.15, 0.2) is 0 Å². The summed E-state index contributed by atoms with van der Waals surface area (Å²) in [6, 6.07) is 14.2. The number of aliphatic hydroxyl groups is 1. The number of carbonyl (C=O) groups is 3. The van der Waals surface area contributed by atoms with E-state index in [9.17, 15) is 19.5 Å². The fourth-order valence-corrected chi connectivity index (χ4v) is 5.63. The molecule has 1 saturated heterocycles. The Labute approximate surface area is 243 Å². The minimum absolute atomic E-state index is 0.0510. The minimum Gasteiger partial charge on any atom is -0.390 e. The number of anilines is 2. The van der Waals surface area contributed by atoms with E-state index in [-0.39, 0.29) is 30.3 Å². The number of benzene rings is 2. The molecule has 0 bridgehead atoms. The standard InChI is InChI=1S/C32H45N5O4/c1-3-33-26-18-24(19-27(20-26)37-16-10-15-30(37)39)32(41)36-28(17-23-11-6-4-7-12-23)29(38)21-34-22(2)31(40)35-25-13-8-5-9-14-25/h4,6-7,11-12,18-20,22,25,28-29,33-34,38H,3,5,8-10,13-17,21H2,1-2H3,(H,35,40)(H,36,41)/t22-,28?,29+/m0/s1. The van der Waals surface area contributed by atoms with Gasteiger partial charge >= 0.3 is 0 Å². The highest BCUT2D eigenvalue weighted by Crippen LogP contribution is 2.27. The van der Waals surface area contributed by atoms with Crippen LogP contribution in [0.15, 0.2) is 48.5 Å². The zero-order valence-electron chi connectivity index (χ0n) is 24.3. The second-order valence-electron chi connectivity index (χ2n) is 11.3. The van der Waals surface area contributed by atoms with Gasteiger partial charge < -0.3 is 31.3 Å². The van der Waals surface area contributed by atoms with E-state index in [0.29, 0.717) is 37.2 Å². The Balaban J connectivity index is 1.45. The van der Waals surface area contributed by atoms with Crippen LogP contribution in [0.2, 0.25) is 0 Å². The zero-order valence-corrected chi connectivity index (χ0v) is 24.3. The van der Waals surface area contributed by atoms with Gasteiger partial charge in [-0.3, -0.25) is 14.4 Å². The molecule has 1 aliphatic carbocycles. The van der Waals surface area contributed by atoms with Crippen LogP contribution in [0, 0.1) is 0 Å². The van der Waals surface area contributed by atoms with Crippen molar-refractivity contribution in [2.75, 3.05) is 29.9 Å². The molecule has 2 aromatic rings. The van der Waals surface area contributed by atoms with Gasteiger partial charge in [0.25, 0.3) is 5.91 Å². The van der Waals surface area contributed by atoms with Crippen LogP contribution in [-0.2, 0) is 16.0 Å². The molecule has 3 amide bonds. The van der Waals surface area contributed by atoms with Crippen LogP contribution in [0.1, 0.15) is 74.7 Å². The number of nitrogens with zero attached hydrogens (tertiary/aromatic N) is 1. The first-order valence-electron chi connectivity index (χ1n) is 15.1. The van der Waals surface area contributed by atoms with Crippen molar-refractivity contribution in [2.45, 2.75) is 89.4 Å². The Hall–Kier alpha value is -3.43. The molecule has 2 aliphatic rings. The average Bonchev–Trinajstić information content (AvgIpc) is 3.42. The van der Waals surface area contributed by atoms with Gasteiger partial charge in [0.05, 0.1) is 18.2 Å². The molecule has 222 valence electrons. The maximum atomic E-state index is 13.6. The third-order valence-corrected chi connectivity index (χ3v) is 8.00. The van der Waals surface area contributed by atoms with Gasteiger partial charge in [-0.15, -0.1) is 0 Å². The van der Waals surface area contributed by atoms with E-state index in [1.807, 2.05) is 43.3 Å². The van der Waals surface area contributed by atoms with Crippen molar-refractivity contribution < 1.29 is 19.5 Å². The SMILES string of the molecule is CCNc1cc(C(=O)NC(Cc2ccccc2)[C@H](O)CN[C@@H](C)C(=O)NC2CCCCC2)cc(N2CCCC2=O)c1. The van der Waals surface area contributed by atoms with Crippen LogP contribution in [0.4, 0.5) is 11.4 Å². The largest absolute Gasteiger partial charge is 0.390 e. The molecular formula is C32H45N5O4. The van der Waals surface area contributed by atoms with E-state index in [1.165, 1.54) is 6.42 Å². The molecule has 1 saturated carbocycles. The molecule has 1 aliphatic heterocycles. The lowest BCUT2D eigenvalue weighted by atomic mass is 9.95. The molecule has 0 spiro atoms. The first-order chi connectivity index (χ1) is 19.8. The van der Waals surface area contributed by atoms with E-state index in [0.717, 1.165) is 43.4 Å². The lowest BCUT2D eigenvalue weighted by Crippen LogP contribution is -2.53. The van der Waals surface area contributed by atoms with Gasteiger partial charge in [0.2, 0.25) is 11.8 Å². The Bertz CT molecular complexity index is 1170. The van der Waals surface area contributed by atoms with Crippen LogP contribution in [0.3, 0.4) is 0 Å². The van der Waals surface area contributed by atoms with Crippen molar-refractivity contribution >= 4 is 29.1 Å². The van der Waals surface area contributed by atoms with Crippen molar-refractivity contribution in [2.24, 2.45) is 0 Å². The second kappa shape index (κ2) is 15.0. The van der Waals surface area contributed by atoms with Crippen LogP contribution in [-0.4, -0.2) is 66.7 Å². The predicted octanol–water partition coefficient (Wildman–Crippen LogP) is 3.37. The average molecular weight is 564 g/mol. The van der Waals surface area contributed by atoms with E-state index in [1.54, 1.807) is 24.0 Å². The summed E-state index contributed by atoms with van der Waals surface area (Å²) in [5.41, 5.74) is 2.84. The number of hydrogen-bond acceptors (Lipinski definition) is 6. The summed E-state index contributed by atoms with van der Waals surface area (Å²) in [4.78, 5) is 40.5. The Morgan fingerprint density at radius 2 is 1.80 bits per heavy atom. The Kier molecular flexibility index (Phi) is 11.2. The maximum Gasteiger partial charge on any atom is 0.251 e. The highest BCUT2D eigenvalue weighted by molar-refractivity contribution is 6.00. The summed E-state index contributed by atoms with van der Waals surface area (Å²) in [5.74, 6) is -0.354. The Morgan fingerprint density at radius 3 is 2.49 bits per heavy atom. The first kappa shape index (κ1) is 30.5. The molecule has 0 aromatic heterocycles. The lowest BCUT2D eigenvalue weighted by Gasteiger charge is -2.28. The van der Waals surface area contributed by atoms with Crippen molar-refractivity contribution in [3.8, 4) is 0 Å². The monoisotopic (exact) mass is 563 g/mol. The summed E-state index contributed by atoms with van der Waals surface area (Å²) >= 11 is 0. The summed E-state index contributed by atoms with van der Waals surface area (Å²) in [7, 11) is 0. The fourth-order valence-electron chi connectivity index (χ4n) is 5.63. The van der Waals surface area contributed by atoms with Crippen LogP contribution in [0.25, 0.3) is 0 Å². The minimum atomic E-state index is -0.944. The van der Waals surface area contributed by atoms with Crippen LogP contribution >= 0.6 is 0 Å². The topological polar surface area (TPSA) is 123 Å². The predicted molar refractivity (Wildman–Crippen MR) is 162 cm³/mol. The smallest absolute Gasteiger partial charge is 0.251 e. The third-order valence-electron chi connectivity index (χ3n) is 8.00. The molecule has 4 rings (SSSR count). The fraction of sp³-hybridized carbons (Fsp3) is 0.531. The molecule has 5 N–H and O–H groups in total. The van der Waals surface area contributed by atoms with Crippen molar-refractivity contribution in [1.82, 2.24) is 16.0 Å².